The normalized spacial score (nSPS) is 21.8. The Kier molecular flexibility index (Phi) is 3.47. The lowest BCUT2D eigenvalue weighted by Gasteiger charge is -2.17. The van der Waals surface area contributed by atoms with Crippen molar-refractivity contribution in [3.63, 3.8) is 0 Å². The van der Waals surface area contributed by atoms with Gasteiger partial charge in [0.1, 0.15) is 0 Å². The summed E-state index contributed by atoms with van der Waals surface area (Å²) >= 11 is 0. The van der Waals surface area contributed by atoms with Crippen molar-refractivity contribution in [2.24, 2.45) is 0 Å². The van der Waals surface area contributed by atoms with Crippen LogP contribution in [-0.2, 0) is 14.8 Å². The first-order valence-corrected chi connectivity index (χ1v) is 5.84. The summed E-state index contributed by atoms with van der Waals surface area (Å²) in [5, 5.41) is 0.991. The van der Waals surface area contributed by atoms with E-state index in [0.29, 0.717) is 19.7 Å². The summed E-state index contributed by atoms with van der Waals surface area (Å²) in [7, 11) is -3.26. The first-order chi connectivity index (χ1) is 6.10. The Morgan fingerprint density at radius 3 is 2.69 bits per heavy atom. The second kappa shape index (κ2) is 4.21. The highest BCUT2D eigenvalue weighted by Crippen LogP contribution is 2.14. The molecule has 1 heterocycles. The van der Waals surface area contributed by atoms with Crippen molar-refractivity contribution in [2.75, 3.05) is 19.7 Å². The molecule has 0 saturated carbocycles. The lowest BCUT2D eigenvalue weighted by molar-refractivity contribution is 0.337. The van der Waals surface area contributed by atoms with E-state index in [9.17, 15) is 8.42 Å². The summed E-state index contributed by atoms with van der Waals surface area (Å²) in [5.74, 6) is 0. The van der Waals surface area contributed by atoms with Crippen molar-refractivity contribution >= 4 is 10.0 Å². The van der Waals surface area contributed by atoms with Crippen LogP contribution in [0.2, 0.25) is 0 Å². The fourth-order valence-electron chi connectivity index (χ4n) is 1.08. The maximum absolute atomic E-state index is 11.4. The van der Waals surface area contributed by atoms with Gasteiger partial charge in [0, 0.05) is 18.5 Å². The molecule has 1 fully saturated rings. The lowest BCUT2D eigenvalue weighted by atomic mass is 10.4. The van der Waals surface area contributed by atoms with Gasteiger partial charge in [0.15, 0.2) is 0 Å². The van der Waals surface area contributed by atoms with E-state index in [-0.39, 0.29) is 6.10 Å². The van der Waals surface area contributed by atoms with Gasteiger partial charge in [0.2, 0.25) is 10.0 Å². The van der Waals surface area contributed by atoms with Crippen LogP contribution in [0.4, 0.5) is 0 Å². The van der Waals surface area contributed by atoms with Crippen LogP contribution in [0.15, 0.2) is 12.0 Å². The smallest absolute Gasteiger partial charge is 0.235 e. The fourth-order valence-corrected chi connectivity index (χ4v) is 2.10. The Hall–Kier alpha value is -0.390. The molecule has 13 heavy (non-hydrogen) atoms. The summed E-state index contributed by atoms with van der Waals surface area (Å²) in [6.45, 7) is 6.91. The molecule has 0 aromatic heterocycles. The molecule has 1 unspecified atom stereocenters. The molecule has 0 bridgehead atoms. The zero-order valence-electron chi connectivity index (χ0n) is 7.77. The molecule has 0 amide bonds. The second-order valence-corrected chi connectivity index (χ2v) is 4.90. The van der Waals surface area contributed by atoms with Gasteiger partial charge in [-0.3, -0.25) is 0 Å². The van der Waals surface area contributed by atoms with Crippen molar-refractivity contribution in [1.82, 2.24) is 4.31 Å². The molecule has 0 aromatic rings. The molecular weight excluding hydrogens is 190 g/mol. The van der Waals surface area contributed by atoms with E-state index >= 15 is 0 Å². The predicted octanol–water partition coefficient (Wildman–Crippen LogP) is 0.571. The monoisotopic (exact) mass is 205 g/mol. The molecule has 1 rings (SSSR count). The van der Waals surface area contributed by atoms with Gasteiger partial charge < -0.3 is 4.74 Å². The Bertz CT molecular complexity index is 269. The standard InChI is InChI=1S/C8H15NO3S/c1-3-5-9(6-8-7-12-8)13(10,11)4-2/h4,8H,2-3,5-7H2,1H3. The van der Waals surface area contributed by atoms with Crippen LogP contribution in [-0.4, -0.2) is 38.5 Å². The lowest BCUT2D eigenvalue weighted by Crippen LogP contribution is -2.33. The van der Waals surface area contributed by atoms with Crippen molar-refractivity contribution < 1.29 is 13.2 Å². The Labute approximate surface area is 79.2 Å². The Morgan fingerprint density at radius 1 is 1.69 bits per heavy atom. The van der Waals surface area contributed by atoms with Crippen molar-refractivity contribution in [2.45, 2.75) is 19.4 Å². The predicted molar refractivity (Wildman–Crippen MR) is 50.7 cm³/mol. The van der Waals surface area contributed by atoms with Gasteiger partial charge in [-0.1, -0.05) is 13.5 Å². The average Bonchev–Trinajstić information content (AvgIpc) is 2.87. The van der Waals surface area contributed by atoms with Gasteiger partial charge in [-0.25, -0.2) is 8.42 Å². The molecule has 76 valence electrons. The quantitative estimate of drug-likeness (QED) is 0.596. The minimum absolute atomic E-state index is 0.0984. The number of ether oxygens (including phenoxy) is 1. The van der Waals surface area contributed by atoms with Crippen LogP contribution >= 0.6 is 0 Å². The minimum Gasteiger partial charge on any atom is -0.372 e. The number of hydrogen-bond donors (Lipinski definition) is 0. The number of rotatable bonds is 6. The van der Waals surface area contributed by atoms with E-state index in [0.717, 1.165) is 11.8 Å². The van der Waals surface area contributed by atoms with E-state index < -0.39 is 10.0 Å². The van der Waals surface area contributed by atoms with Crippen LogP contribution in [0.25, 0.3) is 0 Å². The molecule has 1 aliphatic rings. The largest absolute Gasteiger partial charge is 0.372 e. The third-order valence-electron chi connectivity index (χ3n) is 1.85. The van der Waals surface area contributed by atoms with Crippen molar-refractivity contribution in [3.8, 4) is 0 Å². The molecule has 1 saturated heterocycles. The molecular formula is C8H15NO3S. The van der Waals surface area contributed by atoms with E-state index in [1.807, 2.05) is 6.92 Å². The highest BCUT2D eigenvalue weighted by molar-refractivity contribution is 7.92. The molecule has 1 atom stereocenters. The zero-order valence-corrected chi connectivity index (χ0v) is 8.59. The SMILES string of the molecule is C=CS(=O)(=O)N(CCC)CC1CO1. The summed E-state index contributed by atoms with van der Waals surface area (Å²) in [6.07, 6.45) is 0.904. The third-order valence-corrected chi connectivity index (χ3v) is 3.33. The van der Waals surface area contributed by atoms with E-state index in [1.54, 1.807) is 0 Å². The third kappa shape index (κ3) is 3.10. The highest BCUT2D eigenvalue weighted by Gasteiger charge is 2.29. The number of epoxide rings is 1. The highest BCUT2D eigenvalue weighted by atomic mass is 32.2. The van der Waals surface area contributed by atoms with Crippen LogP contribution in [0, 0.1) is 0 Å². The Balaban J connectivity index is 2.59. The van der Waals surface area contributed by atoms with Crippen LogP contribution in [0.5, 0.6) is 0 Å². The van der Waals surface area contributed by atoms with Gasteiger partial charge >= 0.3 is 0 Å². The maximum atomic E-state index is 11.4. The first kappa shape index (κ1) is 10.7. The van der Waals surface area contributed by atoms with Gasteiger partial charge in [0.25, 0.3) is 0 Å². The minimum atomic E-state index is -3.26. The zero-order chi connectivity index (χ0) is 9.90. The van der Waals surface area contributed by atoms with Gasteiger partial charge in [0.05, 0.1) is 12.7 Å². The summed E-state index contributed by atoms with van der Waals surface area (Å²) in [5.41, 5.74) is 0. The number of sulfonamides is 1. The van der Waals surface area contributed by atoms with Crippen molar-refractivity contribution in [1.29, 1.82) is 0 Å². The summed E-state index contributed by atoms with van der Waals surface area (Å²) in [6, 6.07) is 0. The molecule has 0 radical (unpaired) electrons. The van der Waals surface area contributed by atoms with Crippen LogP contribution in [0.3, 0.4) is 0 Å². The maximum Gasteiger partial charge on any atom is 0.235 e. The molecule has 4 nitrogen and oxygen atoms in total. The number of hydrogen-bond acceptors (Lipinski definition) is 3. The molecule has 0 aromatic carbocycles. The summed E-state index contributed by atoms with van der Waals surface area (Å²) in [4.78, 5) is 0. The first-order valence-electron chi connectivity index (χ1n) is 4.34. The number of nitrogens with zero attached hydrogens (tertiary/aromatic N) is 1. The van der Waals surface area contributed by atoms with Crippen LogP contribution < -0.4 is 0 Å². The topological polar surface area (TPSA) is 49.9 Å². The molecule has 1 aliphatic heterocycles. The second-order valence-electron chi connectivity index (χ2n) is 3.02. The molecule has 5 heteroatoms. The average molecular weight is 205 g/mol. The molecule has 0 aliphatic carbocycles. The Morgan fingerprint density at radius 2 is 2.31 bits per heavy atom. The summed E-state index contributed by atoms with van der Waals surface area (Å²) < 4.78 is 29.2. The van der Waals surface area contributed by atoms with Gasteiger partial charge in [-0.2, -0.15) is 4.31 Å². The van der Waals surface area contributed by atoms with E-state index in [2.05, 4.69) is 6.58 Å². The fraction of sp³-hybridized carbons (Fsp3) is 0.750. The van der Waals surface area contributed by atoms with Crippen molar-refractivity contribution in [3.05, 3.63) is 12.0 Å². The van der Waals surface area contributed by atoms with E-state index in [1.165, 1.54) is 4.31 Å². The van der Waals surface area contributed by atoms with Crippen LogP contribution in [0.1, 0.15) is 13.3 Å². The van der Waals surface area contributed by atoms with Gasteiger partial charge in [-0.15, -0.1) is 0 Å². The van der Waals surface area contributed by atoms with Gasteiger partial charge in [-0.05, 0) is 6.42 Å². The molecule has 0 N–H and O–H groups in total. The molecule has 0 spiro atoms. The van der Waals surface area contributed by atoms with E-state index in [4.69, 9.17) is 4.74 Å².